The predicted molar refractivity (Wildman–Crippen MR) is 103 cm³/mol. The van der Waals surface area contributed by atoms with Crippen molar-refractivity contribution in [2.45, 2.75) is 19.6 Å². The Balaban J connectivity index is 1.44. The van der Waals surface area contributed by atoms with Crippen LogP contribution in [0.1, 0.15) is 11.1 Å². The fourth-order valence-electron chi connectivity index (χ4n) is 3.15. The molecule has 0 radical (unpaired) electrons. The molecule has 142 valence electrons. The lowest BCUT2D eigenvalue weighted by Crippen LogP contribution is -2.54. The largest absolute Gasteiger partial charge is 0.366 e. The maximum atomic E-state index is 12.6. The van der Waals surface area contributed by atoms with Crippen LogP contribution >= 0.6 is 11.8 Å². The van der Waals surface area contributed by atoms with Gasteiger partial charge in [0.1, 0.15) is 6.10 Å². The first-order valence-electron chi connectivity index (χ1n) is 9.14. The van der Waals surface area contributed by atoms with E-state index in [9.17, 15) is 9.59 Å². The van der Waals surface area contributed by atoms with Crippen LogP contribution in [0.15, 0.2) is 24.3 Å². The van der Waals surface area contributed by atoms with Crippen LogP contribution in [0.2, 0.25) is 0 Å². The summed E-state index contributed by atoms with van der Waals surface area (Å²) < 4.78 is 5.67. The number of carbonyl (C=O) groups excluding carboxylic acids is 2. The Bertz CT molecular complexity index is 617. The first kappa shape index (κ1) is 19.2. The molecule has 0 aromatic heterocycles. The Morgan fingerprint density at radius 3 is 2.65 bits per heavy atom. The highest BCUT2D eigenvalue weighted by Gasteiger charge is 2.31. The number of hydrogen-bond acceptors (Lipinski definition) is 5. The number of rotatable bonds is 5. The topological polar surface area (TPSA) is 61.9 Å². The summed E-state index contributed by atoms with van der Waals surface area (Å²) >= 11 is 1.88. The lowest BCUT2D eigenvalue weighted by molar-refractivity contribution is -0.150. The van der Waals surface area contributed by atoms with E-state index in [0.29, 0.717) is 32.8 Å². The molecular weight excluding hydrogens is 350 g/mol. The second-order valence-corrected chi connectivity index (χ2v) is 8.02. The van der Waals surface area contributed by atoms with Crippen molar-refractivity contribution < 1.29 is 14.3 Å². The SMILES string of the molecule is Cc1ccc(CNC(=O)CN2CCOC(C(=O)N3CCSCC3)C2)cc1. The van der Waals surface area contributed by atoms with Crippen molar-refractivity contribution in [1.82, 2.24) is 15.1 Å². The van der Waals surface area contributed by atoms with Gasteiger partial charge in [-0.05, 0) is 12.5 Å². The minimum Gasteiger partial charge on any atom is -0.366 e. The van der Waals surface area contributed by atoms with Gasteiger partial charge in [-0.3, -0.25) is 14.5 Å². The average molecular weight is 378 g/mol. The van der Waals surface area contributed by atoms with E-state index in [1.807, 2.05) is 52.8 Å². The number of hydrogen-bond donors (Lipinski definition) is 1. The van der Waals surface area contributed by atoms with E-state index in [1.54, 1.807) is 0 Å². The normalized spacial score (nSPS) is 21.4. The number of amides is 2. The zero-order chi connectivity index (χ0) is 18.4. The molecule has 2 aliphatic heterocycles. The van der Waals surface area contributed by atoms with Crippen LogP contribution in [0.25, 0.3) is 0 Å². The monoisotopic (exact) mass is 377 g/mol. The van der Waals surface area contributed by atoms with Crippen molar-refractivity contribution >= 4 is 23.6 Å². The molecule has 2 fully saturated rings. The molecule has 2 saturated heterocycles. The summed E-state index contributed by atoms with van der Waals surface area (Å²) in [7, 11) is 0. The van der Waals surface area contributed by atoms with Gasteiger partial charge in [-0.2, -0.15) is 11.8 Å². The number of nitrogens with one attached hydrogen (secondary N) is 1. The lowest BCUT2D eigenvalue weighted by atomic mass is 10.1. The molecule has 0 bridgehead atoms. The van der Waals surface area contributed by atoms with E-state index >= 15 is 0 Å². The van der Waals surface area contributed by atoms with Gasteiger partial charge in [0, 0.05) is 44.2 Å². The first-order chi connectivity index (χ1) is 12.6. The molecule has 26 heavy (non-hydrogen) atoms. The van der Waals surface area contributed by atoms with Gasteiger partial charge in [-0.25, -0.2) is 0 Å². The summed E-state index contributed by atoms with van der Waals surface area (Å²) in [6.07, 6.45) is -0.447. The van der Waals surface area contributed by atoms with E-state index in [1.165, 1.54) is 5.56 Å². The third-order valence-electron chi connectivity index (χ3n) is 4.73. The molecule has 1 aromatic rings. The molecule has 2 amide bonds. The average Bonchev–Trinajstić information content (AvgIpc) is 2.68. The summed E-state index contributed by atoms with van der Waals surface area (Å²) in [5, 5.41) is 2.95. The van der Waals surface area contributed by atoms with E-state index < -0.39 is 6.10 Å². The summed E-state index contributed by atoms with van der Waals surface area (Å²) in [6.45, 7) is 6.11. The number of carbonyl (C=O) groups is 2. The second kappa shape index (κ2) is 9.39. The van der Waals surface area contributed by atoms with Gasteiger partial charge in [-0.1, -0.05) is 29.8 Å². The van der Waals surface area contributed by atoms with Crippen molar-refractivity contribution in [2.75, 3.05) is 50.8 Å². The third-order valence-corrected chi connectivity index (χ3v) is 5.67. The summed E-state index contributed by atoms with van der Waals surface area (Å²) in [5.74, 6) is 2.02. The van der Waals surface area contributed by atoms with Gasteiger partial charge in [0.25, 0.3) is 5.91 Å². The molecule has 0 aliphatic carbocycles. The van der Waals surface area contributed by atoms with E-state index in [-0.39, 0.29) is 11.8 Å². The molecule has 6 nitrogen and oxygen atoms in total. The maximum Gasteiger partial charge on any atom is 0.253 e. The fourth-order valence-corrected chi connectivity index (χ4v) is 4.05. The molecule has 1 unspecified atom stereocenters. The molecule has 2 heterocycles. The van der Waals surface area contributed by atoms with Crippen LogP contribution in [-0.2, 0) is 20.9 Å². The molecule has 1 N–H and O–H groups in total. The van der Waals surface area contributed by atoms with Crippen molar-refractivity contribution in [3.05, 3.63) is 35.4 Å². The number of thioether (sulfide) groups is 1. The van der Waals surface area contributed by atoms with Gasteiger partial charge >= 0.3 is 0 Å². The molecule has 1 atom stereocenters. The number of aryl methyl sites for hydroxylation is 1. The van der Waals surface area contributed by atoms with E-state index in [0.717, 1.165) is 30.2 Å². The number of morpholine rings is 1. The Morgan fingerprint density at radius 1 is 1.19 bits per heavy atom. The molecular formula is C19H27N3O3S. The highest BCUT2D eigenvalue weighted by molar-refractivity contribution is 7.99. The fraction of sp³-hybridized carbons (Fsp3) is 0.579. The molecule has 0 spiro atoms. The molecule has 1 aromatic carbocycles. The van der Waals surface area contributed by atoms with Crippen molar-refractivity contribution in [3.63, 3.8) is 0 Å². The van der Waals surface area contributed by atoms with Crippen LogP contribution in [0.4, 0.5) is 0 Å². The van der Waals surface area contributed by atoms with E-state index in [2.05, 4.69) is 5.32 Å². The number of ether oxygens (including phenoxy) is 1. The third kappa shape index (κ3) is 5.46. The van der Waals surface area contributed by atoms with Crippen LogP contribution in [0.3, 0.4) is 0 Å². The van der Waals surface area contributed by atoms with Crippen molar-refractivity contribution in [3.8, 4) is 0 Å². The maximum absolute atomic E-state index is 12.6. The van der Waals surface area contributed by atoms with E-state index in [4.69, 9.17) is 4.74 Å². The summed E-state index contributed by atoms with van der Waals surface area (Å²) in [5.41, 5.74) is 2.29. The van der Waals surface area contributed by atoms with Crippen LogP contribution in [0.5, 0.6) is 0 Å². The Hall–Kier alpha value is -1.57. The van der Waals surface area contributed by atoms with Crippen molar-refractivity contribution in [1.29, 1.82) is 0 Å². The summed E-state index contributed by atoms with van der Waals surface area (Å²) in [4.78, 5) is 28.7. The highest BCUT2D eigenvalue weighted by atomic mass is 32.2. The predicted octanol–water partition coefficient (Wildman–Crippen LogP) is 0.887. The lowest BCUT2D eigenvalue weighted by Gasteiger charge is -2.35. The second-order valence-electron chi connectivity index (χ2n) is 6.79. The molecule has 0 saturated carbocycles. The molecule has 7 heteroatoms. The number of nitrogens with zero attached hydrogens (tertiary/aromatic N) is 2. The minimum absolute atomic E-state index is 0.0203. The van der Waals surface area contributed by atoms with Crippen molar-refractivity contribution in [2.24, 2.45) is 0 Å². The Morgan fingerprint density at radius 2 is 1.92 bits per heavy atom. The number of benzene rings is 1. The van der Waals surface area contributed by atoms with Crippen LogP contribution < -0.4 is 5.32 Å². The van der Waals surface area contributed by atoms with Crippen LogP contribution in [0, 0.1) is 6.92 Å². The summed E-state index contributed by atoms with van der Waals surface area (Å²) in [6, 6.07) is 8.13. The van der Waals surface area contributed by atoms with Crippen LogP contribution in [-0.4, -0.2) is 78.6 Å². The smallest absolute Gasteiger partial charge is 0.253 e. The molecule has 3 rings (SSSR count). The zero-order valence-electron chi connectivity index (χ0n) is 15.3. The van der Waals surface area contributed by atoms with Gasteiger partial charge in [0.2, 0.25) is 5.91 Å². The quantitative estimate of drug-likeness (QED) is 0.826. The first-order valence-corrected chi connectivity index (χ1v) is 10.3. The standard InChI is InChI=1S/C19H27N3O3S/c1-15-2-4-16(5-3-15)12-20-18(23)14-21-6-9-25-17(13-21)19(24)22-7-10-26-11-8-22/h2-5,17H,6-14H2,1H3,(H,20,23). The Labute approximate surface area is 159 Å². The Kier molecular flexibility index (Phi) is 6.93. The van der Waals surface area contributed by atoms with Gasteiger partial charge in [-0.15, -0.1) is 0 Å². The minimum atomic E-state index is -0.447. The molecule has 2 aliphatic rings. The van der Waals surface area contributed by atoms with Gasteiger partial charge in [0.05, 0.1) is 13.2 Å². The van der Waals surface area contributed by atoms with Gasteiger partial charge in [0.15, 0.2) is 0 Å². The van der Waals surface area contributed by atoms with Gasteiger partial charge < -0.3 is 15.0 Å². The zero-order valence-corrected chi connectivity index (χ0v) is 16.1. The highest BCUT2D eigenvalue weighted by Crippen LogP contribution is 2.14.